The largest absolute Gasteiger partial charge is 0.370 e. The third-order valence-electron chi connectivity index (χ3n) is 7.51. The Morgan fingerprint density at radius 1 is 1.00 bits per heavy atom. The van der Waals surface area contributed by atoms with Gasteiger partial charge < -0.3 is 19.3 Å². The van der Waals surface area contributed by atoms with E-state index >= 15 is 0 Å². The minimum atomic E-state index is -0.429. The van der Waals surface area contributed by atoms with Crippen LogP contribution in [0, 0.1) is 5.92 Å². The predicted molar refractivity (Wildman–Crippen MR) is 123 cm³/mol. The molecule has 3 aliphatic heterocycles. The Bertz CT molecular complexity index is 984. The summed E-state index contributed by atoms with van der Waals surface area (Å²) in [7, 11) is 0. The molecule has 4 aliphatic rings. The molecule has 7 nitrogen and oxygen atoms in total. The monoisotopic (exact) mass is 436 g/mol. The summed E-state index contributed by atoms with van der Waals surface area (Å²) in [6.07, 6.45) is 6.18. The van der Waals surface area contributed by atoms with E-state index in [1.54, 1.807) is 6.20 Å². The number of hydrogen-bond donors (Lipinski definition) is 0. The number of aromatic nitrogens is 1. The second kappa shape index (κ2) is 8.28. The van der Waals surface area contributed by atoms with Crippen LogP contribution in [0.4, 0.5) is 5.69 Å². The van der Waals surface area contributed by atoms with E-state index in [4.69, 9.17) is 9.47 Å². The second-order valence-electron chi connectivity index (χ2n) is 9.67. The zero-order valence-electron chi connectivity index (χ0n) is 18.7. The number of pyridine rings is 1. The van der Waals surface area contributed by atoms with E-state index < -0.39 is 5.79 Å². The molecule has 6 rings (SSSR count). The van der Waals surface area contributed by atoms with Gasteiger partial charge in [0.05, 0.1) is 30.0 Å². The lowest BCUT2D eigenvalue weighted by Gasteiger charge is -2.40. The van der Waals surface area contributed by atoms with Crippen LogP contribution in [0.1, 0.15) is 36.0 Å². The molecule has 1 aliphatic carbocycles. The quantitative estimate of drug-likeness (QED) is 0.735. The van der Waals surface area contributed by atoms with Gasteiger partial charge in [-0.3, -0.25) is 14.7 Å². The number of fused-ring (bicyclic) bond motifs is 1. The molecule has 0 bridgehead atoms. The fourth-order valence-corrected chi connectivity index (χ4v) is 5.45. The Hall–Kier alpha value is -2.22. The first-order valence-corrected chi connectivity index (χ1v) is 12.1. The number of piperazine rings is 1. The summed E-state index contributed by atoms with van der Waals surface area (Å²) in [6.45, 7) is 7.70. The Kier molecular flexibility index (Phi) is 5.28. The molecule has 170 valence electrons. The van der Waals surface area contributed by atoms with E-state index in [-0.39, 0.29) is 5.91 Å². The van der Waals surface area contributed by atoms with Gasteiger partial charge in [0.25, 0.3) is 5.91 Å². The minimum Gasteiger partial charge on any atom is -0.370 e. The molecule has 1 aromatic carbocycles. The van der Waals surface area contributed by atoms with Crippen molar-refractivity contribution in [3.05, 3.63) is 36.0 Å². The Balaban J connectivity index is 1.26. The molecule has 0 N–H and O–H groups in total. The Morgan fingerprint density at radius 2 is 1.72 bits per heavy atom. The van der Waals surface area contributed by atoms with Gasteiger partial charge in [-0.15, -0.1) is 0 Å². The number of benzene rings is 1. The molecule has 1 amide bonds. The van der Waals surface area contributed by atoms with Gasteiger partial charge in [-0.25, -0.2) is 0 Å². The van der Waals surface area contributed by atoms with Crippen molar-refractivity contribution in [1.82, 2.24) is 14.8 Å². The average Bonchev–Trinajstić information content (AvgIpc) is 3.55. The van der Waals surface area contributed by atoms with Crippen LogP contribution in [0.3, 0.4) is 0 Å². The van der Waals surface area contributed by atoms with Crippen molar-refractivity contribution in [3.63, 3.8) is 0 Å². The molecular formula is C25H32N4O3. The summed E-state index contributed by atoms with van der Waals surface area (Å²) in [6, 6.07) is 8.16. The highest BCUT2D eigenvalue weighted by molar-refractivity contribution is 6.07. The van der Waals surface area contributed by atoms with Crippen LogP contribution in [0.15, 0.2) is 30.5 Å². The molecule has 32 heavy (non-hydrogen) atoms. The zero-order chi connectivity index (χ0) is 21.5. The van der Waals surface area contributed by atoms with Crippen molar-refractivity contribution in [2.45, 2.75) is 31.5 Å². The van der Waals surface area contributed by atoms with E-state index in [1.807, 2.05) is 23.1 Å². The van der Waals surface area contributed by atoms with E-state index in [9.17, 15) is 4.79 Å². The smallest absolute Gasteiger partial charge is 0.257 e. The maximum Gasteiger partial charge on any atom is 0.257 e. The SMILES string of the molecule is O=C(c1cnc2ccccc2c1N1CCC2(CC1)OCCO2)N1CCN(CC2CC2)CC1. The summed E-state index contributed by atoms with van der Waals surface area (Å²) in [4.78, 5) is 25.2. The van der Waals surface area contributed by atoms with Gasteiger partial charge in [0.15, 0.2) is 5.79 Å². The minimum absolute atomic E-state index is 0.109. The lowest BCUT2D eigenvalue weighted by atomic mass is 10.00. The maximum atomic E-state index is 13.7. The fraction of sp³-hybridized carbons (Fsp3) is 0.600. The molecule has 0 atom stereocenters. The average molecular weight is 437 g/mol. The van der Waals surface area contributed by atoms with Gasteiger partial charge in [-0.05, 0) is 24.8 Å². The molecule has 0 radical (unpaired) electrons. The molecule has 7 heteroatoms. The lowest BCUT2D eigenvalue weighted by Crippen LogP contribution is -2.50. The van der Waals surface area contributed by atoms with Gasteiger partial charge in [0.2, 0.25) is 0 Å². The Labute approximate surface area is 189 Å². The first-order chi connectivity index (χ1) is 15.7. The highest BCUT2D eigenvalue weighted by Gasteiger charge is 2.41. The van der Waals surface area contributed by atoms with E-state index in [1.165, 1.54) is 19.4 Å². The molecule has 3 saturated heterocycles. The number of amides is 1. The molecule has 1 aromatic heterocycles. The van der Waals surface area contributed by atoms with Gasteiger partial charge in [-0.1, -0.05) is 18.2 Å². The van der Waals surface area contributed by atoms with Crippen LogP contribution in [-0.2, 0) is 9.47 Å². The standard InChI is InChI=1S/C25H32N4O3/c30-24(29-13-11-27(12-14-29)18-19-5-6-19)21-17-26-22-4-2-1-3-20(22)23(21)28-9-7-25(8-10-28)31-15-16-32-25/h1-4,17,19H,5-16,18H2. The van der Waals surface area contributed by atoms with Crippen molar-refractivity contribution < 1.29 is 14.3 Å². The molecule has 4 fully saturated rings. The topological polar surface area (TPSA) is 58.1 Å². The van der Waals surface area contributed by atoms with Gasteiger partial charge in [0.1, 0.15) is 0 Å². The predicted octanol–water partition coefficient (Wildman–Crippen LogP) is 2.75. The summed E-state index contributed by atoms with van der Waals surface area (Å²) in [5.41, 5.74) is 2.68. The van der Waals surface area contributed by atoms with E-state index in [2.05, 4.69) is 20.9 Å². The second-order valence-corrected chi connectivity index (χ2v) is 9.67. The maximum absolute atomic E-state index is 13.7. The van der Waals surface area contributed by atoms with E-state index in [0.717, 1.165) is 80.2 Å². The molecule has 2 aromatic rings. The summed E-state index contributed by atoms with van der Waals surface area (Å²) in [5.74, 6) is 0.572. The van der Waals surface area contributed by atoms with Crippen molar-refractivity contribution >= 4 is 22.5 Å². The van der Waals surface area contributed by atoms with Crippen molar-refractivity contribution in [1.29, 1.82) is 0 Å². The molecule has 1 spiro atoms. The zero-order valence-corrected chi connectivity index (χ0v) is 18.7. The summed E-state index contributed by atoms with van der Waals surface area (Å²) < 4.78 is 11.9. The van der Waals surface area contributed by atoms with Crippen LogP contribution < -0.4 is 4.90 Å². The van der Waals surface area contributed by atoms with E-state index in [0.29, 0.717) is 13.2 Å². The van der Waals surface area contributed by atoms with Crippen LogP contribution in [0.5, 0.6) is 0 Å². The van der Waals surface area contributed by atoms with Crippen LogP contribution in [-0.4, -0.2) is 85.5 Å². The number of piperidine rings is 1. The number of nitrogens with zero attached hydrogens (tertiary/aromatic N) is 4. The van der Waals surface area contributed by atoms with Gasteiger partial charge >= 0.3 is 0 Å². The molecule has 4 heterocycles. The normalized spacial score (nSPS) is 23.9. The van der Waals surface area contributed by atoms with Crippen LogP contribution in [0.2, 0.25) is 0 Å². The lowest BCUT2D eigenvalue weighted by molar-refractivity contribution is -0.169. The fourth-order valence-electron chi connectivity index (χ4n) is 5.45. The van der Waals surface area contributed by atoms with Gasteiger partial charge in [-0.2, -0.15) is 0 Å². The first kappa shape index (κ1) is 20.4. The number of para-hydroxylation sites is 1. The van der Waals surface area contributed by atoms with Crippen molar-refractivity contribution in [2.75, 3.05) is 63.9 Å². The number of anilines is 1. The third-order valence-corrected chi connectivity index (χ3v) is 7.51. The summed E-state index contributed by atoms with van der Waals surface area (Å²) in [5, 5.41) is 1.05. The van der Waals surface area contributed by atoms with Crippen molar-refractivity contribution in [2.24, 2.45) is 5.92 Å². The first-order valence-electron chi connectivity index (χ1n) is 12.1. The number of rotatable bonds is 4. The molecular weight excluding hydrogens is 404 g/mol. The molecule has 0 unspecified atom stereocenters. The number of ether oxygens (including phenoxy) is 2. The van der Waals surface area contributed by atoms with Gasteiger partial charge in [0, 0.05) is 70.2 Å². The van der Waals surface area contributed by atoms with Crippen LogP contribution in [0.25, 0.3) is 10.9 Å². The highest BCUT2D eigenvalue weighted by Crippen LogP contribution is 2.37. The number of carbonyl (C=O) groups excluding carboxylic acids is 1. The molecule has 1 saturated carbocycles. The van der Waals surface area contributed by atoms with Crippen LogP contribution >= 0.6 is 0 Å². The number of carbonyl (C=O) groups is 1. The highest BCUT2D eigenvalue weighted by atomic mass is 16.7. The third kappa shape index (κ3) is 3.87. The number of hydrogen-bond acceptors (Lipinski definition) is 6. The Morgan fingerprint density at radius 3 is 2.44 bits per heavy atom. The summed E-state index contributed by atoms with van der Waals surface area (Å²) >= 11 is 0. The van der Waals surface area contributed by atoms with Crippen molar-refractivity contribution in [3.8, 4) is 0 Å².